The Morgan fingerprint density at radius 2 is 1.71 bits per heavy atom. The molecule has 1 aliphatic heterocycles. The molecule has 100 valence electrons. The quantitative estimate of drug-likeness (QED) is 0.803. The lowest BCUT2D eigenvalue weighted by Gasteiger charge is -2.42. The predicted octanol–water partition coefficient (Wildman–Crippen LogP) is 1.54. The number of likely N-dealkylation sites (N-methyl/N-ethyl adjacent to an activating group) is 1. The topological polar surface area (TPSA) is 18.5 Å². The minimum absolute atomic E-state index is 0.688. The second-order valence-corrected chi connectivity index (χ2v) is 5.77. The van der Waals surface area contributed by atoms with Crippen molar-refractivity contribution in [1.29, 1.82) is 0 Å². The first-order valence-electron chi connectivity index (χ1n) is 7.44. The van der Waals surface area contributed by atoms with E-state index in [1.54, 1.807) is 0 Å². The van der Waals surface area contributed by atoms with Crippen LogP contribution in [0.3, 0.4) is 0 Å². The summed E-state index contributed by atoms with van der Waals surface area (Å²) in [6, 6.07) is 1.60. The molecule has 0 aromatic heterocycles. The van der Waals surface area contributed by atoms with Gasteiger partial charge in [0.05, 0.1) is 0 Å². The molecule has 0 spiro atoms. The third kappa shape index (κ3) is 3.67. The summed E-state index contributed by atoms with van der Waals surface area (Å²) in [6.45, 7) is 8.56. The van der Waals surface area contributed by atoms with Crippen LogP contribution in [0.5, 0.6) is 0 Å². The van der Waals surface area contributed by atoms with Gasteiger partial charge in [-0.25, -0.2) is 0 Å². The fourth-order valence-corrected chi connectivity index (χ4v) is 3.41. The molecule has 1 N–H and O–H groups in total. The Hall–Kier alpha value is -0.120. The van der Waals surface area contributed by atoms with Crippen LogP contribution in [0.25, 0.3) is 0 Å². The Morgan fingerprint density at radius 1 is 1.06 bits per heavy atom. The summed E-state index contributed by atoms with van der Waals surface area (Å²) in [7, 11) is 2.05. The SMILES string of the molecule is CNCC(C)N1CCN(C2CCCCC2)CC1. The maximum Gasteiger partial charge on any atom is 0.0193 e. The van der Waals surface area contributed by atoms with E-state index in [0.29, 0.717) is 6.04 Å². The summed E-state index contributed by atoms with van der Waals surface area (Å²) >= 11 is 0. The molecular formula is C14H29N3. The summed E-state index contributed by atoms with van der Waals surface area (Å²) < 4.78 is 0. The first-order chi connectivity index (χ1) is 8.31. The first-order valence-corrected chi connectivity index (χ1v) is 7.44. The lowest BCUT2D eigenvalue weighted by Crippen LogP contribution is -2.54. The third-order valence-corrected chi connectivity index (χ3v) is 4.56. The van der Waals surface area contributed by atoms with E-state index in [1.807, 2.05) is 0 Å². The zero-order valence-corrected chi connectivity index (χ0v) is 11.6. The molecule has 3 heteroatoms. The molecule has 0 bridgehead atoms. The molecule has 0 amide bonds. The second kappa shape index (κ2) is 6.72. The van der Waals surface area contributed by atoms with Gasteiger partial charge in [0.2, 0.25) is 0 Å². The molecule has 0 aromatic carbocycles. The van der Waals surface area contributed by atoms with E-state index < -0.39 is 0 Å². The van der Waals surface area contributed by atoms with Gasteiger partial charge in [-0.05, 0) is 26.8 Å². The Labute approximate surface area is 107 Å². The third-order valence-electron chi connectivity index (χ3n) is 4.56. The summed E-state index contributed by atoms with van der Waals surface area (Å²) in [4.78, 5) is 5.39. The highest BCUT2D eigenvalue weighted by molar-refractivity contribution is 4.82. The van der Waals surface area contributed by atoms with Crippen molar-refractivity contribution in [3.05, 3.63) is 0 Å². The Balaban J connectivity index is 1.73. The van der Waals surface area contributed by atoms with Gasteiger partial charge in [-0.2, -0.15) is 0 Å². The van der Waals surface area contributed by atoms with Crippen LogP contribution in [0.2, 0.25) is 0 Å². The highest BCUT2D eigenvalue weighted by Gasteiger charge is 2.26. The maximum atomic E-state index is 3.28. The zero-order valence-electron chi connectivity index (χ0n) is 11.6. The molecular weight excluding hydrogens is 210 g/mol. The fourth-order valence-electron chi connectivity index (χ4n) is 3.41. The largest absolute Gasteiger partial charge is 0.318 e. The van der Waals surface area contributed by atoms with Crippen molar-refractivity contribution >= 4 is 0 Å². The van der Waals surface area contributed by atoms with Crippen LogP contribution in [-0.4, -0.2) is 61.7 Å². The molecule has 1 unspecified atom stereocenters. The maximum absolute atomic E-state index is 3.28. The zero-order chi connectivity index (χ0) is 12.1. The molecule has 0 radical (unpaired) electrons. The van der Waals surface area contributed by atoms with Crippen molar-refractivity contribution in [2.24, 2.45) is 0 Å². The normalized spacial score (nSPS) is 27.2. The van der Waals surface area contributed by atoms with Gasteiger partial charge in [0, 0.05) is 44.8 Å². The van der Waals surface area contributed by atoms with Gasteiger partial charge < -0.3 is 5.32 Å². The van der Waals surface area contributed by atoms with E-state index >= 15 is 0 Å². The molecule has 1 heterocycles. The number of hydrogen-bond acceptors (Lipinski definition) is 3. The first kappa shape index (κ1) is 13.3. The van der Waals surface area contributed by atoms with E-state index in [1.165, 1.54) is 58.3 Å². The minimum atomic E-state index is 0.688. The van der Waals surface area contributed by atoms with Crippen LogP contribution in [0.1, 0.15) is 39.0 Å². The van der Waals surface area contributed by atoms with Crippen LogP contribution in [0.4, 0.5) is 0 Å². The number of rotatable bonds is 4. The van der Waals surface area contributed by atoms with Crippen molar-refractivity contribution in [2.45, 2.75) is 51.1 Å². The molecule has 0 aromatic rings. The Bertz CT molecular complexity index is 206. The van der Waals surface area contributed by atoms with Crippen LogP contribution in [0.15, 0.2) is 0 Å². The number of piperazine rings is 1. The number of nitrogens with one attached hydrogen (secondary N) is 1. The minimum Gasteiger partial charge on any atom is -0.318 e. The number of hydrogen-bond donors (Lipinski definition) is 1. The predicted molar refractivity (Wildman–Crippen MR) is 73.4 cm³/mol. The van der Waals surface area contributed by atoms with E-state index in [-0.39, 0.29) is 0 Å². The monoisotopic (exact) mass is 239 g/mol. The highest BCUT2D eigenvalue weighted by Crippen LogP contribution is 2.23. The van der Waals surface area contributed by atoms with E-state index in [9.17, 15) is 0 Å². The Morgan fingerprint density at radius 3 is 2.29 bits per heavy atom. The summed E-state index contributed by atoms with van der Waals surface area (Å²) in [5.41, 5.74) is 0. The van der Waals surface area contributed by atoms with Crippen molar-refractivity contribution in [3.8, 4) is 0 Å². The van der Waals surface area contributed by atoms with Gasteiger partial charge >= 0.3 is 0 Å². The summed E-state index contributed by atoms with van der Waals surface area (Å²) in [5.74, 6) is 0. The average molecular weight is 239 g/mol. The van der Waals surface area contributed by atoms with E-state index in [4.69, 9.17) is 0 Å². The van der Waals surface area contributed by atoms with Gasteiger partial charge in [0.15, 0.2) is 0 Å². The molecule has 3 nitrogen and oxygen atoms in total. The standard InChI is InChI=1S/C14H29N3/c1-13(12-15-2)16-8-10-17(11-9-16)14-6-4-3-5-7-14/h13-15H,3-12H2,1-2H3. The van der Waals surface area contributed by atoms with Crippen molar-refractivity contribution in [3.63, 3.8) is 0 Å². The van der Waals surface area contributed by atoms with Crippen molar-refractivity contribution in [1.82, 2.24) is 15.1 Å². The summed E-state index contributed by atoms with van der Waals surface area (Å²) in [5, 5.41) is 3.28. The smallest absolute Gasteiger partial charge is 0.0193 e. The lowest BCUT2D eigenvalue weighted by atomic mass is 9.94. The van der Waals surface area contributed by atoms with Crippen LogP contribution in [-0.2, 0) is 0 Å². The highest BCUT2D eigenvalue weighted by atomic mass is 15.3. The lowest BCUT2D eigenvalue weighted by molar-refractivity contribution is 0.0608. The van der Waals surface area contributed by atoms with E-state index in [0.717, 1.165) is 12.6 Å². The van der Waals surface area contributed by atoms with Gasteiger partial charge in [-0.1, -0.05) is 19.3 Å². The van der Waals surface area contributed by atoms with Crippen molar-refractivity contribution < 1.29 is 0 Å². The van der Waals surface area contributed by atoms with Crippen LogP contribution >= 0.6 is 0 Å². The number of nitrogens with zero attached hydrogens (tertiary/aromatic N) is 2. The fraction of sp³-hybridized carbons (Fsp3) is 1.00. The van der Waals surface area contributed by atoms with Crippen LogP contribution in [0, 0.1) is 0 Å². The second-order valence-electron chi connectivity index (χ2n) is 5.77. The molecule has 17 heavy (non-hydrogen) atoms. The van der Waals surface area contributed by atoms with Gasteiger partial charge in [0.1, 0.15) is 0 Å². The molecule has 2 aliphatic rings. The van der Waals surface area contributed by atoms with E-state index in [2.05, 4.69) is 29.1 Å². The van der Waals surface area contributed by atoms with Gasteiger partial charge in [0.25, 0.3) is 0 Å². The van der Waals surface area contributed by atoms with Gasteiger partial charge in [-0.3, -0.25) is 9.80 Å². The average Bonchev–Trinajstić information content (AvgIpc) is 2.40. The molecule has 1 aliphatic carbocycles. The van der Waals surface area contributed by atoms with Crippen molar-refractivity contribution in [2.75, 3.05) is 39.8 Å². The molecule has 1 atom stereocenters. The van der Waals surface area contributed by atoms with Gasteiger partial charge in [-0.15, -0.1) is 0 Å². The van der Waals surface area contributed by atoms with Crippen LogP contribution < -0.4 is 5.32 Å². The summed E-state index contributed by atoms with van der Waals surface area (Å²) in [6.07, 6.45) is 7.29. The molecule has 2 fully saturated rings. The molecule has 1 saturated heterocycles. The molecule has 1 saturated carbocycles. The molecule has 2 rings (SSSR count). The Kier molecular flexibility index (Phi) is 5.26.